The van der Waals surface area contributed by atoms with Crippen molar-refractivity contribution in [3.8, 4) is 0 Å². The van der Waals surface area contributed by atoms with Gasteiger partial charge in [-0.3, -0.25) is 9.59 Å². The maximum atomic E-state index is 12.3. The average Bonchev–Trinajstić information content (AvgIpc) is 3.13. The Labute approximate surface area is 130 Å². The number of carbonyl (C=O) groups excluding carboxylic acids is 2. The van der Waals surface area contributed by atoms with Crippen molar-refractivity contribution in [2.24, 2.45) is 5.73 Å². The van der Waals surface area contributed by atoms with E-state index < -0.39 is 11.6 Å². The number of nitrogens with zero attached hydrogens (tertiary/aromatic N) is 1. The number of hydrogen-bond donors (Lipinski definition) is 2. The van der Waals surface area contributed by atoms with E-state index in [0.29, 0.717) is 32.4 Å². The number of hydrogen-bond acceptors (Lipinski definition) is 3. The Kier molecular flexibility index (Phi) is 4.54. The molecule has 0 aromatic heterocycles. The molecule has 3 rings (SSSR count). The minimum atomic E-state index is -0.715. The summed E-state index contributed by atoms with van der Waals surface area (Å²) in [7, 11) is 0. The van der Waals surface area contributed by atoms with Crippen LogP contribution in [-0.2, 0) is 16.1 Å². The van der Waals surface area contributed by atoms with Crippen LogP contribution in [0.25, 0.3) is 0 Å². The van der Waals surface area contributed by atoms with Crippen molar-refractivity contribution < 1.29 is 9.59 Å². The van der Waals surface area contributed by atoms with Gasteiger partial charge in [-0.1, -0.05) is 30.3 Å². The molecule has 5 nitrogen and oxygen atoms in total. The van der Waals surface area contributed by atoms with Crippen molar-refractivity contribution in [1.82, 2.24) is 10.2 Å². The van der Waals surface area contributed by atoms with Gasteiger partial charge >= 0.3 is 0 Å². The first-order valence-electron chi connectivity index (χ1n) is 7.01. The Morgan fingerprint density at radius 1 is 1.33 bits per heavy atom. The third-order valence-corrected chi connectivity index (χ3v) is 4.06. The fraction of sp³-hybridized carbons (Fsp3) is 0.467. The first-order valence-corrected chi connectivity index (χ1v) is 7.01. The van der Waals surface area contributed by atoms with E-state index >= 15 is 0 Å². The first-order chi connectivity index (χ1) is 9.58. The second-order valence-electron chi connectivity index (χ2n) is 5.72. The van der Waals surface area contributed by atoms with Gasteiger partial charge < -0.3 is 16.0 Å². The largest absolute Gasteiger partial charge is 0.343 e. The summed E-state index contributed by atoms with van der Waals surface area (Å²) in [6.45, 7) is 1.27. The van der Waals surface area contributed by atoms with Crippen LogP contribution < -0.4 is 11.1 Å². The zero-order valence-corrected chi connectivity index (χ0v) is 12.6. The Bertz CT molecular complexity index is 531. The minimum Gasteiger partial charge on any atom is -0.343 e. The van der Waals surface area contributed by atoms with E-state index in [2.05, 4.69) is 5.32 Å². The van der Waals surface area contributed by atoms with Crippen molar-refractivity contribution in [3.05, 3.63) is 35.9 Å². The molecule has 2 fully saturated rings. The monoisotopic (exact) mass is 309 g/mol. The van der Waals surface area contributed by atoms with Crippen LogP contribution in [0.1, 0.15) is 24.8 Å². The molecule has 1 unspecified atom stereocenters. The molecule has 0 bridgehead atoms. The van der Waals surface area contributed by atoms with Crippen LogP contribution in [-0.4, -0.2) is 34.8 Å². The predicted molar refractivity (Wildman–Crippen MR) is 81.8 cm³/mol. The van der Waals surface area contributed by atoms with Gasteiger partial charge in [0.05, 0.1) is 5.54 Å². The molecule has 0 spiro atoms. The van der Waals surface area contributed by atoms with Gasteiger partial charge in [-0.2, -0.15) is 0 Å². The molecule has 1 aliphatic carbocycles. The normalized spacial score (nSPS) is 22.6. The number of amides is 2. The van der Waals surface area contributed by atoms with Crippen LogP contribution in [0.4, 0.5) is 0 Å². The molecule has 21 heavy (non-hydrogen) atoms. The summed E-state index contributed by atoms with van der Waals surface area (Å²) in [6.07, 6.45) is 2.09. The van der Waals surface area contributed by atoms with Crippen LogP contribution in [0, 0.1) is 0 Å². The summed E-state index contributed by atoms with van der Waals surface area (Å²) in [6, 6.07) is 9.46. The van der Waals surface area contributed by atoms with Gasteiger partial charge in [0.25, 0.3) is 0 Å². The highest BCUT2D eigenvalue weighted by Gasteiger charge is 2.47. The highest BCUT2D eigenvalue weighted by atomic mass is 35.5. The van der Waals surface area contributed by atoms with E-state index in [0.717, 1.165) is 5.56 Å². The molecule has 3 N–H and O–H groups in total. The number of rotatable bonds is 4. The number of halogens is 1. The second-order valence-corrected chi connectivity index (χ2v) is 5.72. The highest BCUT2D eigenvalue weighted by molar-refractivity contribution is 5.94. The lowest BCUT2D eigenvalue weighted by atomic mass is 10.2. The standard InChI is InChI=1S/C15H19N3O2.ClH/c16-15(7-8-15)14(20)17-12-6-9-18(13(12)19)10-11-4-2-1-3-5-11;/h1-5,12H,6-10,16H2,(H,17,20);1H. The smallest absolute Gasteiger partial charge is 0.245 e. The Hall–Kier alpha value is -1.59. The average molecular weight is 310 g/mol. The quantitative estimate of drug-likeness (QED) is 0.864. The predicted octanol–water partition coefficient (Wildman–Crippen LogP) is 0.817. The SMILES string of the molecule is Cl.NC1(C(=O)NC2CCN(Cc3ccccc3)C2=O)CC1. The van der Waals surface area contributed by atoms with E-state index in [1.54, 1.807) is 4.90 Å². The summed E-state index contributed by atoms with van der Waals surface area (Å²) in [5, 5.41) is 2.79. The number of benzene rings is 1. The Morgan fingerprint density at radius 3 is 2.62 bits per heavy atom. The zero-order chi connectivity index (χ0) is 14.2. The van der Waals surface area contributed by atoms with Crippen molar-refractivity contribution >= 4 is 24.2 Å². The molecule has 0 radical (unpaired) electrons. The number of nitrogens with one attached hydrogen (secondary N) is 1. The van der Waals surface area contributed by atoms with E-state index in [4.69, 9.17) is 5.73 Å². The number of carbonyl (C=O) groups is 2. The molecule has 1 saturated carbocycles. The van der Waals surface area contributed by atoms with Crippen molar-refractivity contribution in [2.75, 3.05) is 6.54 Å². The summed E-state index contributed by atoms with van der Waals surface area (Å²) in [5.74, 6) is -0.191. The van der Waals surface area contributed by atoms with Crippen molar-refractivity contribution in [1.29, 1.82) is 0 Å². The fourth-order valence-electron chi connectivity index (χ4n) is 2.50. The molecule has 1 aromatic rings. The Balaban J connectivity index is 0.00000161. The lowest BCUT2D eigenvalue weighted by molar-refractivity contribution is -0.133. The van der Waals surface area contributed by atoms with Gasteiger partial charge in [-0.25, -0.2) is 0 Å². The lowest BCUT2D eigenvalue weighted by Gasteiger charge is -2.18. The Morgan fingerprint density at radius 2 is 2.00 bits per heavy atom. The summed E-state index contributed by atoms with van der Waals surface area (Å²) < 4.78 is 0. The third-order valence-electron chi connectivity index (χ3n) is 4.06. The van der Waals surface area contributed by atoms with Crippen LogP contribution >= 0.6 is 12.4 Å². The van der Waals surface area contributed by atoms with Crippen LogP contribution in [0.5, 0.6) is 0 Å². The van der Waals surface area contributed by atoms with E-state index in [-0.39, 0.29) is 24.2 Å². The second kappa shape index (κ2) is 6.03. The first kappa shape index (κ1) is 15.8. The van der Waals surface area contributed by atoms with Crippen molar-refractivity contribution in [3.63, 3.8) is 0 Å². The molecular formula is C15H20ClN3O2. The van der Waals surface area contributed by atoms with Gasteiger partial charge in [-0.05, 0) is 24.8 Å². The maximum Gasteiger partial charge on any atom is 0.245 e. The molecule has 114 valence electrons. The van der Waals surface area contributed by atoms with Gasteiger partial charge in [0.1, 0.15) is 6.04 Å². The molecule has 1 atom stereocenters. The van der Waals surface area contributed by atoms with Gasteiger partial charge in [0.2, 0.25) is 11.8 Å². The van der Waals surface area contributed by atoms with Crippen molar-refractivity contribution in [2.45, 2.75) is 37.4 Å². The molecule has 2 amide bonds. The van der Waals surface area contributed by atoms with Crippen LogP contribution in [0.15, 0.2) is 30.3 Å². The topological polar surface area (TPSA) is 75.4 Å². The zero-order valence-electron chi connectivity index (χ0n) is 11.7. The van der Waals surface area contributed by atoms with Gasteiger partial charge in [0.15, 0.2) is 0 Å². The number of likely N-dealkylation sites (tertiary alicyclic amines) is 1. The molecule has 1 saturated heterocycles. The molecule has 1 aliphatic heterocycles. The molecule has 2 aliphatic rings. The third kappa shape index (κ3) is 3.36. The maximum absolute atomic E-state index is 12.3. The fourth-order valence-corrected chi connectivity index (χ4v) is 2.50. The van der Waals surface area contributed by atoms with E-state index in [1.807, 2.05) is 30.3 Å². The van der Waals surface area contributed by atoms with E-state index in [9.17, 15) is 9.59 Å². The molecular weight excluding hydrogens is 290 g/mol. The van der Waals surface area contributed by atoms with Gasteiger partial charge in [0, 0.05) is 13.1 Å². The number of nitrogens with two attached hydrogens (primary N) is 1. The highest BCUT2D eigenvalue weighted by Crippen LogP contribution is 2.32. The van der Waals surface area contributed by atoms with Crippen LogP contribution in [0.3, 0.4) is 0 Å². The molecule has 6 heteroatoms. The van der Waals surface area contributed by atoms with Gasteiger partial charge in [-0.15, -0.1) is 12.4 Å². The molecule has 1 aromatic carbocycles. The summed E-state index contributed by atoms with van der Waals surface area (Å²) in [4.78, 5) is 25.9. The molecule has 1 heterocycles. The minimum absolute atomic E-state index is 0. The summed E-state index contributed by atoms with van der Waals surface area (Å²) >= 11 is 0. The lowest BCUT2D eigenvalue weighted by Crippen LogP contribution is -2.49. The van der Waals surface area contributed by atoms with E-state index in [1.165, 1.54) is 0 Å². The summed E-state index contributed by atoms with van der Waals surface area (Å²) in [5.41, 5.74) is 6.22. The van der Waals surface area contributed by atoms with Crippen LogP contribution in [0.2, 0.25) is 0 Å².